The van der Waals surface area contributed by atoms with Gasteiger partial charge in [-0.15, -0.1) is 10.2 Å². The number of aromatic nitrogens is 4. The number of aliphatic hydroxyl groups excluding tert-OH is 1. The minimum absolute atomic E-state index is 0.260. The van der Waals surface area contributed by atoms with Crippen LogP contribution in [0.4, 0.5) is 0 Å². The Kier molecular flexibility index (Phi) is 3.46. The molecule has 0 aliphatic rings. The molecule has 0 amide bonds. The molecule has 2 atom stereocenters. The minimum Gasteiger partial charge on any atom is -0.383 e. The standard InChI is InChI=1S/C11H15N5O/c1-8(12)10(17)11-13-15-16(14-11)7-9-5-3-2-4-6-9/h2-6,8,10,17H,7,12H2,1H3. The normalized spacial score (nSPS) is 14.5. The largest absolute Gasteiger partial charge is 0.383 e. The van der Waals surface area contributed by atoms with Crippen LogP contribution < -0.4 is 5.73 Å². The summed E-state index contributed by atoms with van der Waals surface area (Å²) in [4.78, 5) is 1.44. The van der Waals surface area contributed by atoms with E-state index in [9.17, 15) is 5.11 Å². The first-order valence-corrected chi connectivity index (χ1v) is 5.42. The van der Waals surface area contributed by atoms with Gasteiger partial charge in [-0.25, -0.2) is 0 Å². The van der Waals surface area contributed by atoms with E-state index in [1.54, 1.807) is 6.92 Å². The average Bonchev–Trinajstić information content (AvgIpc) is 2.77. The molecule has 3 N–H and O–H groups in total. The summed E-state index contributed by atoms with van der Waals surface area (Å²) in [6.07, 6.45) is -0.875. The summed E-state index contributed by atoms with van der Waals surface area (Å²) >= 11 is 0. The lowest BCUT2D eigenvalue weighted by molar-refractivity contribution is 0.143. The minimum atomic E-state index is -0.875. The van der Waals surface area contributed by atoms with Gasteiger partial charge in [0.05, 0.1) is 6.54 Å². The second kappa shape index (κ2) is 5.03. The third-order valence-corrected chi connectivity index (χ3v) is 2.40. The van der Waals surface area contributed by atoms with Crippen LogP contribution >= 0.6 is 0 Å². The second-order valence-electron chi connectivity index (χ2n) is 3.97. The molecule has 1 heterocycles. The Labute approximate surface area is 99.1 Å². The van der Waals surface area contributed by atoms with Gasteiger partial charge in [0.1, 0.15) is 6.10 Å². The van der Waals surface area contributed by atoms with Gasteiger partial charge in [0.15, 0.2) is 0 Å². The Morgan fingerprint density at radius 1 is 1.35 bits per heavy atom. The molecule has 0 bridgehead atoms. The highest BCUT2D eigenvalue weighted by molar-refractivity contribution is 5.14. The van der Waals surface area contributed by atoms with Gasteiger partial charge in [0, 0.05) is 6.04 Å². The topological polar surface area (TPSA) is 89.9 Å². The third kappa shape index (κ3) is 2.86. The van der Waals surface area contributed by atoms with Crippen LogP contribution in [0.2, 0.25) is 0 Å². The molecule has 0 fully saturated rings. The first kappa shape index (κ1) is 11.7. The zero-order valence-corrected chi connectivity index (χ0v) is 9.56. The van der Waals surface area contributed by atoms with E-state index in [1.807, 2.05) is 30.3 Å². The first-order chi connectivity index (χ1) is 8.16. The maximum absolute atomic E-state index is 9.67. The predicted octanol–water partition coefficient (Wildman–Crippen LogP) is 0.102. The van der Waals surface area contributed by atoms with Gasteiger partial charge in [0.25, 0.3) is 0 Å². The van der Waals surface area contributed by atoms with Gasteiger partial charge >= 0.3 is 0 Å². The fourth-order valence-electron chi connectivity index (χ4n) is 1.42. The van der Waals surface area contributed by atoms with Crippen LogP contribution in [-0.4, -0.2) is 31.4 Å². The summed E-state index contributed by atoms with van der Waals surface area (Å²) in [7, 11) is 0. The average molecular weight is 233 g/mol. The molecule has 0 radical (unpaired) electrons. The molecule has 0 aliphatic carbocycles. The molecular weight excluding hydrogens is 218 g/mol. The summed E-state index contributed by atoms with van der Waals surface area (Å²) in [6, 6.07) is 9.39. The fourth-order valence-corrected chi connectivity index (χ4v) is 1.42. The molecule has 2 rings (SSSR count). The van der Waals surface area contributed by atoms with E-state index in [-0.39, 0.29) is 5.82 Å². The lowest BCUT2D eigenvalue weighted by Crippen LogP contribution is -2.25. The number of nitrogens with zero attached hydrogens (tertiary/aromatic N) is 4. The van der Waals surface area contributed by atoms with Gasteiger partial charge in [-0.05, 0) is 17.7 Å². The highest BCUT2D eigenvalue weighted by atomic mass is 16.3. The van der Waals surface area contributed by atoms with E-state index in [0.29, 0.717) is 6.54 Å². The van der Waals surface area contributed by atoms with Crippen molar-refractivity contribution in [2.24, 2.45) is 5.73 Å². The molecule has 0 spiro atoms. The summed E-state index contributed by atoms with van der Waals surface area (Å²) in [6.45, 7) is 2.22. The van der Waals surface area contributed by atoms with Gasteiger partial charge in [-0.3, -0.25) is 0 Å². The Morgan fingerprint density at radius 3 is 2.71 bits per heavy atom. The molecular formula is C11H15N5O. The molecule has 1 aromatic heterocycles. The maximum Gasteiger partial charge on any atom is 0.204 e. The molecule has 0 aliphatic heterocycles. The smallest absolute Gasteiger partial charge is 0.204 e. The fraction of sp³-hybridized carbons (Fsp3) is 0.364. The zero-order chi connectivity index (χ0) is 12.3. The number of aliphatic hydroxyl groups is 1. The Morgan fingerprint density at radius 2 is 2.06 bits per heavy atom. The van der Waals surface area contributed by atoms with E-state index in [0.717, 1.165) is 5.56 Å². The molecule has 2 aromatic rings. The van der Waals surface area contributed by atoms with Crippen molar-refractivity contribution < 1.29 is 5.11 Å². The third-order valence-electron chi connectivity index (χ3n) is 2.40. The number of nitrogens with two attached hydrogens (primary N) is 1. The quantitative estimate of drug-likeness (QED) is 0.781. The van der Waals surface area contributed by atoms with Gasteiger partial charge < -0.3 is 10.8 Å². The SMILES string of the molecule is CC(N)C(O)c1nnn(Cc2ccccc2)n1. The molecule has 6 nitrogen and oxygen atoms in total. The predicted molar refractivity (Wildman–Crippen MR) is 62.0 cm³/mol. The van der Waals surface area contributed by atoms with Crippen molar-refractivity contribution in [2.75, 3.05) is 0 Å². The van der Waals surface area contributed by atoms with Crippen LogP contribution in [-0.2, 0) is 6.54 Å². The van der Waals surface area contributed by atoms with Gasteiger partial charge in [-0.2, -0.15) is 4.80 Å². The molecule has 0 saturated carbocycles. The number of tetrazole rings is 1. The van der Waals surface area contributed by atoms with Crippen LogP contribution in [0, 0.1) is 0 Å². The molecule has 17 heavy (non-hydrogen) atoms. The second-order valence-corrected chi connectivity index (χ2v) is 3.97. The summed E-state index contributed by atoms with van der Waals surface area (Å²) in [5.74, 6) is 0.260. The van der Waals surface area contributed by atoms with Crippen LogP contribution in [0.15, 0.2) is 30.3 Å². The summed E-state index contributed by atoms with van der Waals surface area (Å²) in [5.41, 5.74) is 6.64. The lowest BCUT2D eigenvalue weighted by atomic mass is 10.2. The Hall–Kier alpha value is -1.79. The Bertz CT molecular complexity index is 468. The number of benzene rings is 1. The molecule has 6 heteroatoms. The monoisotopic (exact) mass is 233 g/mol. The highest BCUT2D eigenvalue weighted by Gasteiger charge is 2.17. The Balaban J connectivity index is 2.09. The van der Waals surface area contributed by atoms with E-state index in [2.05, 4.69) is 15.4 Å². The van der Waals surface area contributed by atoms with Crippen LogP contribution in [0.25, 0.3) is 0 Å². The van der Waals surface area contributed by atoms with Crippen molar-refractivity contribution in [1.29, 1.82) is 0 Å². The van der Waals surface area contributed by atoms with Crippen molar-refractivity contribution in [3.63, 3.8) is 0 Å². The van der Waals surface area contributed by atoms with Crippen molar-refractivity contribution in [3.8, 4) is 0 Å². The van der Waals surface area contributed by atoms with E-state index >= 15 is 0 Å². The molecule has 1 aromatic carbocycles. The van der Waals surface area contributed by atoms with E-state index in [4.69, 9.17) is 5.73 Å². The van der Waals surface area contributed by atoms with Crippen LogP contribution in [0.3, 0.4) is 0 Å². The van der Waals surface area contributed by atoms with Crippen LogP contribution in [0.5, 0.6) is 0 Å². The molecule has 0 saturated heterocycles. The van der Waals surface area contributed by atoms with E-state index < -0.39 is 12.1 Å². The van der Waals surface area contributed by atoms with Crippen LogP contribution in [0.1, 0.15) is 24.4 Å². The van der Waals surface area contributed by atoms with Gasteiger partial charge in [0.2, 0.25) is 5.82 Å². The summed E-state index contributed by atoms with van der Waals surface area (Å²) < 4.78 is 0. The van der Waals surface area contributed by atoms with E-state index in [1.165, 1.54) is 4.80 Å². The first-order valence-electron chi connectivity index (χ1n) is 5.42. The van der Waals surface area contributed by atoms with Gasteiger partial charge in [-0.1, -0.05) is 30.3 Å². The summed E-state index contributed by atoms with van der Waals surface area (Å²) in [5, 5.41) is 21.4. The molecule has 90 valence electrons. The number of hydrogen-bond donors (Lipinski definition) is 2. The zero-order valence-electron chi connectivity index (χ0n) is 9.56. The number of hydrogen-bond acceptors (Lipinski definition) is 5. The lowest BCUT2D eigenvalue weighted by Gasteiger charge is -2.08. The van der Waals surface area contributed by atoms with Crippen molar-refractivity contribution in [3.05, 3.63) is 41.7 Å². The highest BCUT2D eigenvalue weighted by Crippen LogP contribution is 2.09. The van der Waals surface area contributed by atoms with Crippen molar-refractivity contribution >= 4 is 0 Å². The van der Waals surface area contributed by atoms with Crippen molar-refractivity contribution in [1.82, 2.24) is 20.2 Å². The maximum atomic E-state index is 9.67. The molecule has 2 unspecified atom stereocenters. The van der Waals surface area contributed by atoms with Crippen molar-refractivity contribution in [2.45, 2.75) is 25.6 Å². The number of rotatable bonds is 4.